The summed E-state index contributed by atoms with van der Waals surface area (Å²) in [4.78, 5) is 11.9. The van der Waals surface area contributed by atoms with E-state index >= 15 is 0 Å². The fraction of sp³-hybridized carbons (Fsp3) is 0.500. The molecule has 94 valence electrons. The standard InChI is InChI=1S/C14H20BrNO/c1-10(2)7-8-11(3)16-14(17)12-5-4-6-13(15)9-12/h4-6,9-11H,7-8H2,1-3H3,(H,16,17). The van der Waals surface area contributed by atoms with Crippen LogP contribution in [0.15, 0.2) is 28.7 Å². The highest BCUT2D eigenvalue weighted by atomic mass is 79.9. The van der Waals surface area contributed by atoms with Gasteiger partial charge in [-0.2, -0.15) is 0 Å². The zero-order chi connectivity index (χ0) is 12.8. The van der Waals surface area contributed by atoms with E-state index in [9.17, 15) is 4.79 Å². The van der Waals surface area contributed by atoms with Crippen molar-refractivity contribution in [2.24, 2.45) is 5.92 Å². The van der Waals surface area contributed by atoms with Crippen LogP contribution in [-0.4, -0.2) is 11.9 Å². The van der Waals surface area contributed by atoms with Crippen LogP contribution < -0.4 is 5.32 Å². The van der Waals surface area contributed by atoms with Crippen molar-refractivity contribution in [2.75, 3.05) is 0 Å². The summed E-state index contributed by atoms with van der Waals surface area (Å²) in [6, 6.07) is 7.68. The van der Waals surface area contributed by atoms with E-state index in [1.807, 2.05) is 24.3 Å². The van der Waals surface area contributed by atoms with Gasteiger partial charge in [-0.1, -0.05) is 35.8 Å². The Hall–Kier alpha value is -0.830. The molecule has 1 atom stereocenters. The minimum absolute atomic E-state index is 0.00237. The van der Waals surface area contributed by atoms with Gasteiger partial charge in [-0.15, -0.1) is 0 Å². The molecular weight excluding hydrogens is 278 g/mol. The summed E-state index contributed by atoms with van der Waals surface area (Å²) < 4.78 is 0.931. The molecule has 0 spiro atoms. The number of halogens is 1. The molecule has 0 heterocycles. The van der Waals surface area contributed by atoms with Gasteiger partial charge in [0.25, 0.3) is 5.91 Å². The second-order valence-corrected chi connectivity index (χ2v) is 5.77. The Balaban J connectivity index is 2.49. The molecule has 17 heavy (non-hydrogen) atoms. The van der Waals surface area contributed by atoms with Crippen LogP contribution in [0.1, 0.15) is 44.0 Å². The number of nitrogens with one attached hydrogen (secondary N) is 1. The Labute approximate surface area is 112 Å². The number of amides is 1. The SMILES string of the molecule is CC(C)CCC(C)NC(=O)c1cccc(Br)c1. The van der Waals surface area contributed by atoms with E-state index in [1.54, 1.807) is 0 Å². The second-order valence-electron chi connectivity index (χ2n) is 4.86. The maximum Gasteiger partial charge on any atom is 0.251 e. The maximum absolute atomic E-state index is 11.9. The third kappa shape index (κ3) is 5.35. The van der Waals surface area contributed by atoms with E-state index in [2.05, 4.69) is 42.0 Å². The lowest BCUT2D eigenvalue weighted by Crippen LogP contribution is -2.32. The number of carbonyl (C=O) groups excluding carboxylic acids is 1. The molecule has 0 radical (unpaired) electrons. The predicted octanol–water partition coefficient (Wildman–Crippen LogP) is 4.00. The summed E-state index contributed by atoms with van der Waals surface area (Å²) in [6.45, 7) is 6.45. The first-order chi connectivity index (χ1) is 7.99. The fourth-order valence-electron chi connectivity index (χ4n) is 1.59. The lowest BCUT2D eigenvalue weighted by atomic mass is 10.0. The van der Waals surface area contributed by atoms with Crippen LogP contribution in [0.5, 0.6) is 0 Å². The molecule has 3 heteroatoms. The van der Waals surface area contributed by atoms with E-state index < -0.39 is 0 Å². The fourth-order valence-corrected chi connectivity index (χ4v) is 1.99. The molecule has 2 nitrogen and oxygen atoms in total. The first kappa shape index (κ1) is 14.2. The molecule has 0 bridgehead atoms. The Morgan fingerprint density at radius 1 is 1.29 bits per heavy atom. The van der Waals surface area contributed by atoms with Gasteiger partial charge >= 0.3 is 0 Å². The van der Waals surface area contributed by atoms with Crippen LogP contribution >= 0.6 is 15.9 Å². The van der Waals surface area contributed by atoms with Gasteiger partial charge in [0.15, 0.2) is 0 Å². The van der Waals surface area contributed by atoms with Crippen molar-refractivity contribution in [3.05, 3.63) is 34.3 Å². The molecule has 1 rings (SSSR count). The van der Waals surface area contributed by atoms with E-state index in [4.69, 9.17) is 0 Å². The molecule has 0 aliphatic rings. The molecule has 1 amide bonds. The van der Waals surface area contributed by atoms with Crippen LogP contribution in [0, 0.1) is 5.92 Å². The smallest absolute Gasteiger partial charge is 0.251 e. The maximum atomic E-state index is 11.9. The van der Waals surface area contributed by atoms with Gasteiger partial charge in [-0.25, -0.2) is 0 Å². The third-order valence-corrected chi connectivity index (χ3v) is 3.13. The molecule has 0 aliphatic heterocycles. The van der Waals surface area contributed by atoms with E-state index in [1.165, 1.54) is 0 Å². The van der Waals surface area contributed by atoms with Crippen molar-refractivity contribution in [2.45, 2.75) is 39.7 Å². The number of benzene rings is 1. The van der Waals surface area contributed by atoms with Crippen LogP contribution in [0.3, 0.4) is 0 Å². The van der Waals surface area contributed by atoms with Crippen molar-refractivity contribution in [3.8, 4) is 0 Å². The summed E-state index contributed by atoms with van der Waals surface area (Å²) in [6.07, 6.45) is 2.16. The number of rotatable bonds is 5. The molecule has 1 N–H and O–H groups in total. The van der Waals surface area contributed by atoms with Crippen molar-refractivity contribution >= 4 is 21.8 Å². The molecule has 0 fully saturated rings. The van der Waals surface area contributed by atoms with Gasteiger partial charge in [0, 0.05) is 16.1 Å². The van der Waals surface area contributed by atoms with Gasteiger partial charge < -0.3 is 5.32 Å². The largest absolute Gasteiger partial charge is 0.350 e. The highest BCUT2D eigenvalue weighted by molar-refractivity contribution is 9.10. The van der Waals surface area contributed by atoms with Crippen LogP contribution in [0.25, 0.3) is 0 Å². The monoisotopic (exact) mass is 297 g/mol. The predicted molar refractivity (Wildman–Crippen MR) is 75.1 cm³/mol. The van der Waals surface area contributed by atoms with Crippen LogP contribution in [0.4, 0.5) is 0 Å². The van der Waals surface area contributed by atoms with Crippen LogP contribution in [0.2, 0.25) is 0 Å². The number of carbonyl (C=O) groups is 1. The van der Waals surface area contributed by atoms with Crippen LogP contribution in [-0.2, 0) is 0 Å². The number of hydrogen-bond acceptors (Lipinski definition) is 1. The van der Waals surface area contributed by atoms with E-state index in [0.29, 0.717) is 11.5 Å². The molecule has 0 saturated heterocycles. The Bertz CT molecular complexity index is 376. The van der Waals surface area contributed by atoms with E-state index in [0.717, 1.165) is 17.3 Å². The summed E-state index contributed by atoms with van der Waals surface area (Å²) in [5, 5.41) is 3.02. The molecule has 1 aromatic carbocycles. The Morgan fingerprint density at radius 2 is 2.00 bits per heavy atom. The molecule has 1 aromatic rings. The summed E-state index contributed by atoms with van der Waals surface area (Å²) in [5.41, 5.74) is 0.704. The highest BCUT2D eigenvalue weighted by Crippen LogP contribution is 2.12. The first-order valence-corrected chi connectivity index (χ1v) is 6.84. The van der Waals surface area contributed by atoms with Gasteiger partial charge in [0.1, 0.15) is 0 Å². The first-order valence-electron chi connectivity index (χ1n) is 6.05. The zero-order valence-electron chi connectivity index (χ0n) is 10.7. The topological polar surface area (TPSA) is 29.1 Å². The Morgan fingerprint density at radius 3 is 2.59 bits per heavy atom. The average Bonchev–Trinajstić information content (AvgIpc) is 2.26. The molecule has 0 saturated carbocycles. The molecule has 0 aliphatic carbocycles. The van der Waals surface area contributed by atoms with Crippen molar-refractivity contribution in [1.29, 1.82) is 0 Å². The molecule has 1 unspecified atom stereocenters. The van der Waals surface area contributed by atoms with Gasteiger partial charge in [-0.3, -0.25) is 4.79 Å². The quantitative estimate of drug-likeness (QED) is 0.874. The second kappa shape index (κ2) is 6.80. The van der Waals surface area contributed by atoms with Gasteiger partial charge in [0.05, 0.1) is 0 Å². The summed E-state index contributed by atoms with van der Waals surface area (Å²) in [7, 11) is 0. The zero-order valence-corrected chi connectivity index (χ0v) is 12.3. The van der Waals surface area contributed by atoms with E-state index in [-0.39, 0.29) is 11.9 Å². The molecular formula is C14H20BrNO. The average molecular weight is 298 g/mol. The normalized spacial score (nSPS) is 12.5. The highest BCUT2D eigenvalue weighted by Gasteiger charge is 2.10. The van der Waals surface area contributed by atoms with Crippen molar-refractivity contribution in [3.63, 3.8) is 0 Å². The summed E-state index contributed by atoms with van der Waals surface area (Å²) >= 11 is 3.37. The molecule has 0 aromatic heterocycles. The lowest BCUT2D eigenvalue weighted by molar-refractivity contribution is 0.0937. The lowest BCUT2D eigenvalue weighted by Gasteiger charge is -2.15. The minimum Gasteiger partial charge on any atom is -0.350 e. The van der Waals surface area contributed by atoms with Gasteiger partial charge in [0.2, 0.25) is 0 Å². The van der Waals surface area contributed by atoms with Crippen molar-refractivity contribution in [1.82, 2.24) is 5.32 Å². The summed E-state index contributed by atoms with van der Waals surface area (Å²) in [5.74, 6) is 0.683. The Kier molecular flexibility index (Phi) is 5.69. The third-order valence-electron chi connectivity index (χ3n) is 2.64. The van der Waals surface area contributed by atoms with Gasteiger partial charge in [-0.05, 0) is 43.9 Å². The minimum atomic E-state index is 0.00237. The number of hydrogen-bond donors (Lipinski definition) is 1. The van der Waals surface area contributed by atoms with Crippen molar-refractivity contribution < 1.29 is 4.79 Å².